The van der Waals surface area contributed by atoms with Gasteiger partial charge in [-0.2, -0.15) is 0 Å². The highest BCUT2D eigenvalue weighted by molar-refractivity contribution is 5.70. The molecule has 0 aromatic carbocycles. The summed E-state index contributed by atoms with van der Waals surface area (Å²) in [5.74, 6) is -1.79. The smallest absolute Gasteiger partial charge is 0.306 e. The number of carbonyl (C=O) groups is 3. The van der Waals surface area contributed by atoms with E-state index in [1.54, 1.807) is 21.1 Å². The fourth-order valence-electron chi connectivity index (χ4n) is 3.83. The maximum Gasteiger partial charge on any atom is 0.306 e. The lowest BCUT2D eigenvalue weighted by atomic mass is 10.1. The van der Waals surface area contributed by atoms with Gasteiger partial charge in [-0.15, -0.1) is 0 Å². The Bertz CT molecular complexity index is 643. The van der Waals surface area contributed by atoms with Crippen molar-refractivity contribution < 1.29 is 38.2 Å². The van der Waals surface area contributed by atoms with Crippen molar-refractivity contribution in [2.24, 2.45) is 0 Å². The van der Waals surface area contributed by atoms with Crippen LogP contribution in [0.2, 0.25) is 0 Å². The summed E-state index contributed by atoms with van der Waals surface area (Å²) < 4.78 is 16.7. The number of unbranched alkanes of at least 4 members (excludes halogenated alkanes) is 8. The lowest BCUT2D eigenvalue weighted by Gasteiger charge is -2.34. The van der Waals surface area contributed by atoms with Gasteiger partial charge in [0, 0.05) is 19.3 Å². The fourth-order valence-corrected chi connectivity index (χ4v) is 3.83. The number of carboxylic acid groups (broad SMARTS) is 1. The van der Waals surface area contributed by atoms with E-state index >= 15 is 0 Å². The molecule has 0 amide bonds. The maximum absolute atomic E-state index is 12.4. The molecule has 0 spiro atoms. The van der Waals surface area contributed by atoms with Crippen LogP contribution in [0.5, 0.6) is 0 Å². The number of hydrogen-bond donors (Lipinski definition) is 0. The molecule has 0 aliphatic heterocycles. The van der Waals surface area contributed by atoms with Crippen molar-refractivity contribution in [2.45, 2.75) is 116 Å². The van der Waals surface area contributed by atoms with Crippen molar-refractivity contribution in [3.8, 4) is 0 Å². The van der Waals surface area contributed by atoms with Crippen LogP contribution in [-0.4, -0.2) is 75.5 Å². The number of hydrogen-bond acceptors (Lipinski definition) is 7. The van der Waals surface area contributed by atoms with Gasteiger partial charge in [-0.05, 0) is 32.1 Å². The van der Waals surface area contributed by atoms with E-state index in [1.807, 2.05) is 0 Å². The minimum atomic E-state index is -1.13. The van der Waals surface area contributed by atoms with E-state index in [2.05, 4.69) is 26.0 Å². The van der Waals surface area contributed by atoms with Crippen LogP contribution in [0.4, 0.5) is 0 Å². The molecule has 0 aliphatic rings. The second-order valence-electron chi connectivity index (χ2n) is 10.6. The molecule has 37 heavy (non-hydrogen) atoms. The van der Waals surface area contributed by atoms with Gasteiger partial charge in [-0.25, -0.2) is 0 Å². The Kier molecular flexibility index (Phi) is 20.9. The predicted octanol–water partition coefficient (Wildman–Crippen LogP) is 4.34. The molecular weight excluding hydrogens is 474 g/mol. The molecule has 216 valence electrons. The van der Waals surface area contributed by atoms with Crippen molar-refractivity contribution in [1.82, 2.24) is 0 Å². The molecular formula is C29H53NO7. The second kappa shape index (κ2) is 22.1. The van der Waals surface area contributed by atoms with Gasteiger partial charge in [0.25, 0.3) is 0 Å². The van der Waals surface area contributed by atoms with Gasteiger partial charge in [-0.1, -0.05) is 64.5 Å². The van der Waals surface area contributed by atoms with Gasteiger partial charge in [0.05, 0.1) is 40.3 Å². The zero-order valence-corrected chi connectivity index (χ0v) is 24.1. The first-order valence-corrected chi connectivity index (χ1v) is 14.2. The zero-order chi connectivity index (χ0) is 27.9. The third-order valence-electron chi connectivity index (χ3n) is 6.13. The highest BCUT2D eigenvalue weighted by Gasteiger charge is 2.25. The number of allylic oxidation sites excluding steroid dienone is 2. The number of esters is 2. The van der Waals surface area contributed by atoms with E-state index in [0.29, 0.717) is 12.8 Å². The van der Waals surface area contributed by atoms with Crippen LogP contribution in [0, 0.1) is 0 Å². The number of carboxylic acids is 1. The molecule has 0 aliphatic carbocycles. The van der Waals surface area contributed by atoms with Gasteiger partial charge in [-0.3, -0.25) is 9.59 Å². The van der Waals surface area contributed by atoms with Crippen LogP contribution in [0.25, 0.3) is 0 Å². The summed E-state index contributed by atoms with van der Waals surface area (Å²) in [6.45, 7) is 4.37. The predicted molar refractivity (Wildman–Crippen MR) is 144 cm³/mol. The first-order chi connectivity index (χ1) is 17.6. The number of quaternary nitrogens is 1. The van der Waals surface area contributed by atoms with E-state index in [1.165, 1.54) is 12.8 Å². The number of ether oxygens (including phenoxy) is 3. The maximum atomic E-state index is 12.4. The Morgan fingerprint density at radius 3 is 2.05 bits per heavy atom. The van der Waals surface area contributed by atoms with Crippen LogP contribution in [0.15, 0.2) is 12.2 Å². The molecule has 0 rings (SSSR count). The van der Waals surface area contributed by atoms with Crippen molar-refractivity contribution in [1.29, 1.82) is 0 Å². The number of aliphatic carboxylic acids is 1. The van der Waals surface area contributed by atoms with Crippen LogP contribution < -0.4 is 5.11 Å². The molecule has 2 atom stereocenters. The molecule has 0 heterocycles. The SMILES string of the molecule is CCC/C=C\CCCCCCCC(=O)OC(COCCC(C(=O)[O-])[N+](C)(C)C)COC(=O)CCCCC. The Morgan fingerprint density at radius 2 is 1.41 bits per heavy atom. The van der Waals surface area contributed by atoms with Gasteiger partial charge in [0.15, 0.2) is 6.10 Å². The number of likely N-dealkylation sites (N-methyl/N-ethyl adjacent to an activating group) is 1. The number of carbonyl (C=O) groups excluding carboxylic acids is 3. The van der Waals surface area contributed by atoms with E-state index in [0.717, 1.165) is 57.8 Å². The summed E-state index contributed by atoms with van der Waals surface area (Å²) in [6, 6.07) is -0.718. The first kappa shape index (κ1) is 35.1. The molecule has 0 bridgehead atoms. The Balaban J connectivity index is 4.47. The number of nitrogens with zero attached hydrogens (tertiary/aromatic N) is 1. The third kappa shape index (κ3) is 20.8. The summed E-state index contributed by atoms with van der Waals surface area (Å²) in [7, 11) is 5.36. The molecule has 0 aromatic heterocycles. The van der Waals surface area contributed by atoms with Crippen LogP contribution in [-0.2, 0) is 28.6 Å². The summed E-state index contributed by atoms with van der Waals surface area (Å²) in [6.07, 6.45) is 16.0. The van der Waals surface area contributed by atoms with Crippen LogP contribution >= 0.6 is 0 Å². The molecule has 0 saturated carbocycles. The normalized spacial score (nSPS) is 13.4. The van der Waals surface area contributed by atoms with Crippen molar-refractivity contribution in [2.75, 3.05) is 41.0 Å². The topological polar surface area (TPSA) is 102 Å². The Morgan fingerprint density at radius 1 is 0.784 bits per heavy atom. The van der Waals surface area contributed by atoms with Crippen LogP contribution in [0.3, 0.4) is 0 Å². The van der Waals surface area contributed by atoms with Gasteiger partial charge in [0.2, 0.25) is 0 Å². The summed E-state index contributed by atoms with van der Waals surface area (Å²) >= 11 is 0. The summed E-state index contributed by atoms with van der Waals surface area (Å²) in [4.78, 5) is 35.8. The Labute approximate surface area is 225 Å². The number of rotatable bonds is 24. The molecule has 0 saturated heterocycles. The van der Waals surface area contributed by atoms with E-state index in [-0.39, 0.29) is 42.7 Å². The molecule has 8 nitrogen and oxygen atoms in total. The standard InChI is InChI=1S/C29H53NO7/c1-6-8-10-11-12-13-14-15-16-18-20-28(32)37-25(24-36-27(31)19-17-9-7-2)23-35-22-21-26(29(33)34)30(3,4)5/h10-11,25-26H,6-9,12-24H2,1-5H3/b11-10-. The zero-order valence-electron chi connectivity index (χ0n) is 24.1. The van der Waals surface area contributed by atoms with E-state index in [9.17, 15) is 19.5 Å². The fraction of sp³-hybridized carbons (Fsp3) is 0.828. The second-order valence-corrected chi connectivity index (χ2v) is 10.6. The van der Waals surface area contributed by atoms with Gasteiger partial charge in [0.1, 0.15) is 12.6 Å². The largest absolute Gasteiger partial charge is 0.544 e. The van der Waals surface area contributed by atoms with Crippen molar-refractivity contribution in [3.63, 3.8) is 0 Å². The molecule has 8 heteroatoms. The minimum absolute atomic E-state index is 0.0381. The van der Waals surface area contributed by atoms with Gasteiger partial charge < -0.3 is 28.6 Å². The highest BCUT2D eigenvalue weighted by atomic mass is 16.6. The lowest BCUT2D eigenvalue weighted by Crippen LogP contribution is -2.55. The molecule has 0 radical (unpaired) electrons. The molecule has 0 N–H and O–H groups in total. The lowest BCUT2D eigenvalue weighted by molar-refractivity contribution is -0.889. The average Bonchev–Trinajstić information content (AvgIpc) is 2.82. The molecule has 0 aromatic rings. The van der Waals surface area contributed by atoms with Crippen LogP contribution in [0.1, 0.15) is 104 Å². The average molecular weight is 528 g/mol. The summed E-state index contributed by atoms with van der Waals surface area (Å²) in [5.41, 5.74) is 0. The molecule has 2 unspecified atom stereocenters. The van der Waals surface area contributed by atoms with Crippen molar-refractivity contribution in [3.05, 3.63) is 12.2 Å². The highest BCUT2D eigenvalue weighted by Crippen LogP contribution is 2.11. The van der Waals surface area contributed by atoms with Crippen molar-refractivity contribution >= 4 is 17.9 Å². The van der Waals surface area contributed by atoms with E-state index < -0.39 is 18.1 Å². The summed E-state index contributed by atoms with van der Waals surface area (Å²) in [5, 5.41) is 11.4. The monoisotopic (exact) mass is 527 g/mol. The third-order valence-corrected chi connectivity index (χ3v) is 6.13. The first-order valence-electron chi connectivity index (χ1n) is 14.2. The quantitative estimate of drug-likeness (QED) is 0.0796. The Hall–Kier alpha value is -1.93. The van der Waals surface area contributed by atoms with E-state index in [4.69, 9.17) is 14.2 Å². The van der Waals surface area contributed by atoms with Gasteiger partial charge >= 0.3 is 11.9 Å². The molecule has 0 fully saturated rings. The minimum Gasteiger partial charge on any atom is -0.544 e.